The van der Waals surface area contributed by atoms with E-state index in [0.29, 0.717) is 6.07 Å². The Morgan fingerprint density at radius 1 is 0.955 bits per heavy atom. The van der Waals surface area contributed by atoms with Crippen molar-refractivity contribution in [1.82, 2.24) is 4.72 Å². The van der Waals surface area contributed by atoms with Crippen molar-refractivity contribution in [3.05, 3.63) is 64.7 Å². The zero-order valence-electron chi connectivity index (χ0n) is 12.5. The van der Waals surface area contributed by atoms with E-state index in [1.54, 1.807) is 6.92 Å². The molecule has 0 aliphatic carbocycles. The number of sulfonamides is 1. The van der Waals surface area contributed by atoms with E-state index >= 15 is 0 Å². The first-order chi connectivity index (χ1) is 10.2. The van der Waals surface area contributed by atoms with Crippen LogP contribution in [0.2, 0.25) is 0 Å². The summed E-state index contributed by atoms with van der Waals surface area (Å²) in [5.74, 6) is -2.28. The maximum atomic E-state index is 13.2. The van der Waals surface area contributed by atoms with Gasteiger partial charge in [-0.3, -0.25) is 0 Å². The van der Waals surface area contributed by atoms with Gasteiger partial charge in [0.15, 0.2) is 11.6 Å². The molecule has 3 nitrogen and oxygen atoms in total. The van der Waals surface area contributed by atoms with Crippen molar-refractivity contribution in [2.45, 2.75) is 31.7 Å². The van der Waals surface area contributed by atoms with Gasteiger partial charge in [0.1, 0.15) is 0 Å². The van der Waals surface area contributed by atoms with Gasteiger partial charge in [0.2, 0.25) is 10.0 Å². The van der Waals surface area contributed by atoms with Crippen molar-refractivity contribution < 1.29 is 17.2 Å². The quantitative estimate of drug-likeness (QED) is 0.933. The molecule has 0 heterocycles. The lowest BCUT2D eigenvalue weighted by Gasteiger charge is -2.16. The van der Waals surface area contributed by atoms with Crippen LogP contribution in [0.5, 0.6) is 0 Å². The molecule has 0 radical (unpaired) electrons. The van der Waals surface area contributed by atoms with Gasteiger partial charge in [-0.25, -0.2) is 21.9 Å². The number of benzene rings is 2. The summed E-state index contributed by atoms with van der Waals surface area (Å²) in [5, 5.41) is 0. The maximum absolute atomic E-state index is 13.2. The van der Waals surface area contributed by atoms with Crippen molar-refractivity contribution in [2.75, 3.05) is 0 Å². The maximum Gasteiger partial charge on any atom is 0.241 e. The van der Waals surface area contributed by atoms with Gasteiger partial charge < -0.3 is 0 Å². The Labute approximate surface area is 129 Å². The van der Waals surface area contributed by atoms with Crippen molar-refractivity contribution in [2.24, 2.45) is 0 Å². The third-order valence-electron chi connectivity index (χ3n) is 3.56. The highest BCUT2D eigenvalue weighted by Gasteiger charge is 2.20. The third-order valence-corrected chi connectivity index (χ3v) is 5.10. The summed E-state index contributed by atoms with van der Waals surface area (Å²) in [5.41, 5.74) is 2.96. The molecular formula is C16H17F2NO2S. The van der Waals surface area contributed by atoms with Crippen molar-refractivity contribution in [3.63, 3.8) is 0 Å². The van der Waals surface area contributed by atoms with Gasteiger partial charge >= 0.3 is 0 Å². The van der Waals surface area contributed by atoms with Gasteiger partial charge in [0, 0.05) is 6.04 Å². The molecule has 0 fully saturated rings. The van der Waals surface area contributed by atoms with Crippen molar-refractivity contribution in [1.29, 1.82) is 0 Å². The SMILES string of the molecule is Cc1ccc(C(C)NS(=O)(=O)c2ccc(F)c(F)c2)cc1C. The molecule has 0 amide bonds. The molecule has 0 saturated carbocycles. The lowest BCUT2D eigenvalue weighted by atomic mass is 10.0. The van der Waals surface area contributed by atoms with Gasteiger partial charge in [-0.1, -0.05) is 18.2 Å². The summed E-state index contributed by atoms with van der Waals surface area (Å²) in [6.07, 6.45) is 0. The molecule has 2 aromatic rings. The second-order valence-corrected chi connectivity index (χ2v) is 6.98. The van der Waals surface area contributed by atoms with E-state index in [4.69, 9.17) is 0 Å². The highest BCUT2D eigenvalue weighted by Crippen LogP contribution is 2.20. The fourth-order valence-electron chi connectivity index (χ4n) is 2.05. The summed E-state index contributed by atoms with van der Waals surface area (Å²) < 4.78 is 53.0. The lowest BCUT2D eigenvalue weighted by molar-refractivity contribution is 0.503. The average Bonchev–Trinajstić information content (AvgIpc) is 2.44. The Balaban J connectivity index is 2.27. The monoisotopic (exact) mass is 325 g/mol. The predicted octanol–water partition coefficient (Wildman–Crippen LogP) is 3.62. The minimum atomic E-state index is -3.93. The van der Waals surface area contributed by atoms with E-state index in [2.05, 4.69) is 4.72 Å². The first-order valence-corrected chi connectivity index (χ1v) is 8.23. The van der Waals surface area contributed by atoms with Crippen molar-refractivity contribution >= 4 is 10.0 Å². The first-order valence-electron chi connectivity index (χ1n) is 6.75. The Kier molecular flexibility index (Phi) is 4.63. The molecule has 6 heteroatoms. The fraction of sp³-hybridized carbons (Fsp3) is 0.250. The van der Waals surface area contributed by atoms with Crippen molar-refractivity contribution in [3.8, 4) is 0 Å². The first kappa shape index (κ1) is 16.6. The highest BCUT2D eigenvalue weighted by molar-refractivity contribution is 7.89. The number of halogens is 2. The molecule has 22 heavy (non-hydrogen) atoms. The lowest BCUT2D eigenvalue weighted by Crippen LogP contribution is -2.27. The van der Waals surface area contributed by atoms with E-state index < -0.39 is 27.7 Å². The topological polar surface area (TPSA) is 46.2 Å². The molecule has 0 spiro atoms. The number of hydrogen-bond donors (Lipinski definition) is 1. The fourth-order valence-corrected chi connectivity index (χ4v) is 3.29. The van der Waals surface area contributed by atoms with E-state index in [-0.39, 0.29) is 4.90 Å². The summed E-state index contributed by atoms with van der Waals surface area (Å²) >= 11 is 0. The molecule has 0 aliphatic rings. The highest BCUT2D eigenvalue weighted by atomic mass is 32.2. The number of aryl methyl sites for hydroxylation is 2. The smallest absolute Gasteiger partial charge is 0.207 e. The largest absolute Gasteiger partial charge is 0.241 e. The zero-order valence-corrected chi connectivity index (χ0v) is 13.3. The standard InChI is InChI=1S/C16H17F2NO2S/c1-10-4-5-13(8-11(10)2)12(3)19-22(20,21)14-6-7-15(17)16(18)9-14/h4-9,12,19H,1-3H3. The summed E-state index contributed by atoms with van der Waals surface area (Å²) in [7, 11) is -3.93. The van der Waals surface area contributed by atoms with Crippen LogP contribution in [-0.4, -0.2) is 8.42 Å². The van der Waals surface area contributed by atoms with Crippen LogP contribution in [0, 0.1) is 25.5 Å². The molecule has 1 N–H and O–H groups in total. The minimum absolute atomic E-state index is 0.304. The summed E-state index contributed by atoms with van der Waals surface area (Å²) in [4.78, 5) is -0.304. The molecule has 0 aromatic heterocycles. The van der Waals surface area contributed by atoms with Crippen LogP contribution in [0.4, 0.5) is 8.78 Å². The van der Waals surface area contributed by atoms with Gasteiger partial charge in [-0.15, -0.1) is 0 Å². The van der Waals surface area contributed by atoms with Crippen LogP contribution in [0.1, 0.15) is 29.7 Å². The predicted molar refractivity (Wildman–Crippen MR) is 81.0 cm³/mol. The molecule has 2 aromatic carbocycles. The Hall–Kier alpha value is -1.79. The van der Waals surface area contributed by atoms with Crippen LogP contribution in [0.3, 0.4) is 0 Å². The third kappa shape index (κ3) is 3.51. The molecule has 1 atom stereocenters. The molecule has 0 aliphatic heterocycles. The number of hydrogen-bond acceptors (Lipinski definition) is 2. The van der Waals surface area contributed by atoms with Gasteiger partial charge in [0.05, 0.1) is 4.90 Å². The molecule has 0 saturated heterocycles. The second-order valence-electron chi connectivity index (χ2n) is 5.26. The Bertz CT molecular complexity index is 804. The number of nitrogens with one attached hydrogen (secondary N) is 1. The van der Waals surface area contributed by atoms with Gasteiger partial charge in [-0.2, -0.15) is 0 Å². The minimum Gasteiger partial charge on any atom is -0.207 e. The van der Waals surface area contributed by atoms with Crippen LogP contribution in [0.15, 0.2) is 41.3 Å². The molecule has 1 unspecified atom stereocenters. The number of rotatable bonds is 4. The van der Waals surface area contributed by atoms with E-state index in [9.17, 15) is 17.2 Å². The van der Waals surface area contributed by atoms with E-state index in [1.807, 2.05) is 32.0 Å². The summed E-state index contributed by atoms with van der Waals surface area (Å²) in [6.45, 7) is 5.60. The molecule has 0 bridgehead atoms. The Morgan fingerprint density at radius 3 is 2.23 bits per heavy atom. The zero-order chi connectivity index (χ0) is 16.5. The van der Waals surface area contributed by atoms with E-state index in [0.717, 1.165) is 28.8 Å². The average molecular weight is 325 g/mol. The van der Waals surface area contributed by atoms with Gasteiger partial charge in [-0.05, 0) is 55.7 Å². The Morgan fingerprint density at radius 2 is 1.64 bits per heavy atom. The summed E-state index contributed by atoms with van der Waals surface area (Å²) in [6, 6.07) is 7.66. The van der Waals surface area contributed by atoms with Crippen LogP contribution < -0.4 is 4.72 Å². The van der Waals surface area contributed by atoms with E-state index in [1.165, 1.54) is 0 Å². The molecular weight excluding hydrogens is 308 g/mol. The van der Waals surface area contributed by atoms with Crippen LogP contribution in [0.25, 0.3) is 0 Å². The molecule has 118 valence electrons. The molecule has 2 rings (SSSR count). The second kappa shape index (κ2) is 6.14. The normalized spacial score (nSPS) is 13.1. The van der Waals surface area contributed by atoms with Crippen LogP contribution in [-0.2, 0) is 10.0 Å². The van der Waals surface area contributed by atoms with Gasteiger partial charge in [0.25, 0.3) is 0 Å². The van der Waals surface area contributed by atoms with Crippen LogP contribution >= 0.6 is 0 Å².